The first-order chi connectivity index (χ1) is 18.3. The summed E-state index contributed by atoms with van der Waals surface area (Å²) in [6, 6.07) is 4.47. The van der Waals surface area contributed by atoms with Crippen molar-refractivity contribution in [3.63, 3.8) is 0 Å². The number of nitrogens with one attached hydrogen (secondary N) is 2. The van der Waals surface area contributed by atoms with E-state index in [0.717, 1.165) is 31.9 Å². The molecule has 1 saturated carbocycles. The maximum absolute atomic E-state index is 14.9. The van der Waals surface area contributed by atoms with E-state index in [9.17, 15) is 9.18 Å². The van der Waals surface area contributed by atoms with Crippen LogP contribution in [0.1, 0.15) is 62.2 Å². The van der Waals surface area contributed by atoms with Gasteiger partial charge in [-0.2, -0.15) is 10.3 Å². The number of ether oxygens (including phenoxy) is 1. The van der Waals surface area contributed by atoms with Crippen molar-refractivity contribution in [1.29, 1.82) is 5.26 Å². The summed E-state index contributed by atoms with van der Waals surface area (Å²) in [5, 5.41) is 15.6. The molecule has 1 unspecified atom stereocenters. The van der Waals surface area contributed by atoms with E-state index in [1.165, 1.54) is 6.07 Å². The van der Waals surface area contributed by atoms with Gasteiger partial charge in [0.1, 0.15) is 5.82 Å². The molecule has 0 radical (unpaired) electrons. The number of benzene rings is 1. The summed E-state index contributed by atoms with van der Waals surface area (Å²) < 4.78 is 22.4. The van der Waals surface area contributed by atoms with E-state index in [1.54, 1.807) is 0 Å². The Morgan fingerprint density at radius 3 is 2.71 bits per heavy atom. The predicted octanol–water partition coefficient (Wildman–Crippen LogP) is 4.66. The molecule has 1 aromatic heterocycles. The Bertz CT molecular complexity index is 1230. The van der Waals surface area contributed by atoms with Crippen LogP contribution < -0.4 is 16.4 Å². The lowest BCUT2D eigenvalue weighted by molar-refractivity contribution is -0.122. The van der Waals surface area contributed by atoms with E-state index in [4.69, 9.17) is 32.3 Å². The zero-order valence-electron chi connectivity index (χ0n) is 21.3. The second-order valence-corrected chi connectivity index (χ2v) is 10.1. The average molecular weight is 543 g/mol. The van der Waals surface area contributed by atoms with Crippen molar-refractivity contribution in [3.05, 3.63) is 34.2 Å². The summed E-state index contributed by atoms with van der Waals surface area (Å²) >= 11 is 6.32. The molecule has 4 N–H and O–H groups in total. The van der Waals surface area contributed by atoms with Crippen molar-refractivity contribution in [2.24, 2.45) is 21.6 Å². The normalized spacial score (nSPS) is 22.3. The van der Waals surface area contributed by atoms with Gasteiger partial charge >= 0.3 is 0 Å². The minimum absolute atomic E-state index is 0.0110. The van der Waals surface area contributed by atoms with Crippen LogP contribution in [0.3, 0.4) is 0 Å². The van der Waals surface area contributed by atoms with E-state index in [0.29, 0.717) is 55.7 Å². The Kier molecular flexibility index (Phi) is 8.97. The molecule has 10 nitrogen and oxygen atoms in total. The van der Waals surface area contributed by atoms with Crippen LogP contribution in [-0.4, -0.2) is 47.4 Å². The lowest BCUT2D eigenvalue weighted by Crippen LogP contribution is -2.34. The fourth-order valence-electron chi connectivity index (χ4n) is 5.04. The first-order valence-corrected chi connectivity index (χ1v) is 13.1. The number of aliphatic imine (C=N–C) groups is 2. The molecular weight excluding hydrogens is 511 g/mol. The second kappa shape index (κ2) is 12.4. The van der Waals surface area contributed by atoms with E-state index in [-0.39, 0.29) is 40.2 Å². The number of rotatable bonds is 6. The number of hydrogen-bond donors (Lipinski definition) is 3. The van der Waals surface area contributed by atoms with Crippen LogP contribution in [0.15, 0.2) is 22.1 Å². The van der Waals surface area contributed by atoms with Gasteiger partial charge in [0.05, 0.1) is 28.0 Å². The Morgan fingerprint density at radius 2 is 2.05 bits per heavy atom. The van der Waals surface area contributed by atoms with E-state index in [2.05, 4.69) is 27.3 Å². The maximum atomic E-state index is 14.9. The summed E-state index contributed by atoms with van der Waals surface area (Å²) in [5.74, 6) is 0.0910. The van der Waals surface area contributed by atoms with Gasteiger partial charge in [-0.05, 0) is 70.7 Å². The third kappa shape index (κ3) is 6.31. The van der Waals surface area contributed by atoms with Gasteiger partial charge < -0.3 is 21.1 Å². The number of nitrogens with two attached hydrogens (primary N) is 1. The number of amides is 1. The molecule has 1 aliphatic carbocycles. The Morgan fingerprint density at radius 1 is 1.29 bits per heavy atom. The van der Waals surface area contributed by atoms with Crippen molar-refractivity contribution < 1.29 is 13.9 Å². The quantitative estimate of drug-likeness (QED) is 0.358. The molecule has 1 atom stereocenters. The van der Waals surface area contributed by atoms with Gasteiger partial charge in [-0.3, -0.25) is 9.36 Å². The molecule has 1 aliphatic heterocycles. The van der Waals surface area contributed by atoms with Crippen LogP contribution in [0, 0.1) is 30.0 Å². The van der Waals surface area contributed by atoms with Crippen LogP contribution in [0.2, 0.25) is 5.02 Å². The SMILES string of the molecule is C=N/C(=N\c1c(C)nc(Nc2c(F)cc(C#N)cc2Cl)n1[C@H]1CC[C@@H](C(N)=O)CC1)NC1CCCOCC1. The molecule has 1 saturated heterocycles. The number of aryl methyl sites for hydroxylation is 1. The molecule has 1 aromatic carbocycles. The number of aromatic nitrogens is 2. The van der Waals surface area contributed by atoms with Gasteiger partial charge in [0, 0.05) is 31.2 Å². The number of halogens is 2. The highest BCUT2D eigenvalue weighted by Crippen LogP contribution is 2.40. The maximum Gasteiger partial charge on any atom is 0.224 e. The van der Waals surface area contributed by atoms with Crippen LogP contribution in [0.4, 0.5) is 21.8 Å². The first-order valence-electron chi connectivity index (χ1n) is 12.7. The van der Waals surface area contributed by atoms with E-state index in [1.807, 2.05) is 17.6 Å². The number of hydrogen-bond acceptors (Lipinski definition) is 6. The molecule has 12 heteroatoms. The van der Waals surface area contributed by atoms with Crippen molar-refractivity contribution in [1.82, 2.24) is 14.9 Å². The Balaban J connectivity index is 1.72. The third-order valence-electron chi connectivity index (χ3n) is 7.07. The Hall–Kier alpha value is -3.49. The summed E-state index contributed by atoms with van der Waals surface area (Å²) in [5.41, 5.74) is 6.28. The van der Waals surface area contributed by atoms with Crippen LogP contribution in [0.5, 0.6) is 0 Å². The van der Waals surface area contributed by atoms with Crippen LogP contribution >= 0.6 is 11.6 Å². The lowest BCUT2D eigenvalue weighted by atomic mass is 9.85. The highest BCUT2D eigenvalue weighted by atomic mass is 35.5. The minimum Gasteiger partial charge on any atom is -0.381 e. The Labute approximate surface area is 226 Å². The molecule has 1 amide bonds. The molecule has 2 fully saturated rings. The third-order valence-corrected chi connectivity index (χ3v) is 7.37. The number of carbonyl (C=O) groups excluding carboxylic acids is 1. The monoisotopic (exact) mass is 542 g/mol. The molecule has 2 aliphatic rings. The smallest absolute Gasteiger partial charge is 0.224 e. The van der Waals surface area contributed by atoms with Gasteiger partial charge in [-0.15, -0.1) is 0 Å². The predicted molar refractivity (Wildman–Crippen MR) is 145 cm³/mol. The highest BCUT2D eigenvalue weighted by Gasteiger charge is 2.30. The molecule has 2 heterocycles. The van der Waals surface area contributed by atoms with Gasteiger partial charge in [0.15, 0.2) is 5.82 Å². The number of nitrogens with zero attached hydrogens (tertiary/aromatic N) is 5. The fourth-order valence-corrected chi connectivity index (χ4v) is 5.29. The molecule has 4 rings (SSSR count). The van der Waals surface area contributed by atoms with Crippen molar-refractivity contribution in [2.75, 3.05) is 18.5 Å². The first kappa shape index (κ1) is 27.5. The summed E-state index contributed by atoms with van der Waals surface area (Å²) in [7, 11) is 0. The van der Waals surface area contributed by atoms with Crippen molar-refractivity contribution >= 4 is 47.6 Å². The standard InChI is InChI=1S/C26H32ClFN8O2/c1-15-24(35-25(31-2)33-18-4-3-10-38-11-9-18)36(19-7-5-17(6-8-19)23(30)37)26(32-15)34-22-20(27)12-16(14-29)13-21(22)28/h12-13,17-19H,2-11H2,1H3,(H2,30,37)(H,32,34)(H,33,35)/t17-,18?,19+. The van der Waals surface area contributed by atoms with Crippen molar-refractivity contribution in [3.8, 4) is 6.07 Å². The van der Waals surface area contributed by atoms with Crippen LogP contribution in [0.25, 0.3) is 0 Å². The summed E-state index contributed by atoms with van der Waals surface area (Å²) in [4.78, 5) is 25.3. The summed E-state index contributed by atoms with van der Waals surface area (Å²) in [6.45, 7) is 6.90. The van der Waals surface area contributed by atoms with E-state index >= 15 is 0 Å². The molecule has 2 aromatic rings. The highest BCUT2D eigenvalue weighted by molar-refractivity contribution is 6.33. The van der Waals surface area contributed by atoms with Crippen LogP contribution in [-0.2, 0) is 9.53 Å². The fraction of sp³-hybridized carbons (Fsp3) is 0.500. The molecule has 0 spiro atoms. The minimum atomic E-state index is -0.672. The zero-order valence-corrected chi connectivity index (χ0v) is 22.1. The van der Waals surface area contributed by atoms with Gasteiger partial charge in [-0.25, -0.2) is 14.4 Å². The number of guanidine groups is 1. The zero-order chi connectivity index (χ0) is 27.2. The van der Waals surface area contributed by atoms with Gasteiger partial charge in [-0.1, -0.05) is 11.6 Å². The van der Waals surface area contributed by atoms with E-state index < -0.39 is 5.82 Å². The van der Waals surface area contributed by atoms with Gasteiger partial charge in [0.25, 0.3) is 0 Å². The average Bonchev–Trinajstić information content (AvgIpc) is 3.04. The number of nitriles is 1. The topological polar surface area (TPSA) is 143 Å². The molecule has 202 valence electrons. The molecule has 0 bridgehead atoms. The number of carbonyl (C=O) groups is 1. The second-order valence-electron chi connectivity index (χ2n) is 9.65. The largest absolute Gasteiger partial charge is 0.381 e. The number of imidazole rings is 1. The molecular formula is C26H32ClFN8O2. The molecule has 38 heavy (non-hydrogen) atoms. The number of primary amides is 1. The van der Waals surface area contributed by atoms with Gasteiger partial charge in [0.2, 0.25) is 17.8 Å². The number of anilines is 2. The summed E-state index contributed by atoms with van der Waals surface area (Å²) in [6.07, 6.45) is 5.26. The van der Waals surface area contributed by atoms with Crippen molar-refractivity contribution in [2.45, 2.75) is 64.0 Å². The lowest BCUT2D eigenvalue weighted by Gasteiger charge is -2.29.